The Morgan fingerprint density at radius 2 is 1.28 bits per heavy atom. The van der Waals surface area contributed by atoms with Gasteiger partial charge in [0.1, 0.15) is 5.54 Å². The quantitative estimate of drug-likeness (QED) is 0.226. The lowest BCUT2D eigenvalue weighted by molar-refractivity contribution is 0.218. The number of nitrogens with zero attached hydrogens (tertiary/aromatic N) is 4. The molecule has 5 nitrogen and oxygen atoms in total. The van der Waals surface area contributed by atoms with Gasteiger partial charge in [0.25, 0.3) is 0 Å². The zero-order chi connectivity index (χ0) is 26.8. The van der Waals surface area contributed by atoms with Gasteiger partial charge in [-0.1, -0.05) is 103 Å². The number of hydrogen-bond donors (Lipinski definition) is 0. The van der Waals surface area contributed by atoms with Crippen molar-refractivity contribution >= 4 is 11.7 Å². The standard InChI is InChI=1S/C34H32N4O/c1-26-13-12-20-31(23-26)37-22-21-36(33(37)39)24-32-27(2)38(25-35-32)34(28-14-6-3-7-15-28,29-16-8-4-9-17-29)30-18-10-5-11-19-30/h3-20,23,25H,21-22,24H2,1-2H3. The van der Waals surface area contributed by atoms with Crippen LogP contribution in [0.3, 0.4) is 0 Å². The molecule has 1 fully saturated rings. The Balaban J connectivity index is 1.43. The second kappa shape index (κ2) is 10.3. The minimum absolute atomic E-state index is 0.0231. The minimum atomic E-state index is -0.623. The summed E-state index contributed by atoms with van der Waals surface area (Å²) in [6, 6.07) is 39.9. The summed E-state index contributed by atoms with van der Waals surface area (Å²) in [6.45, 7) is 5.97. The molecule has 0 aliphatic carbocycles. The van der Waals surface area contributed by atoms with Gasteiger partial charge in [0.15, 0.2) is 0 Å². The topological polar surface area (TPSA) is 41.4 Å². The molecule has 0 spiro atoms. The highest BCUT2D eigenvalue weighted by molar-refractivity contribution is 5.94. The highest BCUT2D eigenvalue weighted by atomic mass is 16.2. The predicted octanol–water partition coefficient (Wildman–Crippen LogP) is 6.78. The summed E-state index contributed by atoms with van der Waals surface area (Å²) in [4.78, 5) is 22.1. The largest absolute Gasteiger partial charge is 0.324 e. The van der Waals surface area contributed by atoms with E-state index in [1.807, 2.05) is 28.3 Å². The normalized spacial score (nSPS) is 13.7. The van der Waals surface area contributed by atoms with Crippen LogP contribution in [0, 0.1) is 13.8 Å². The number of aromatic nitrogens is 2. The average molecular weight is 513 g/mol. The molecule has 5 aromatic rings. The van der Waals surface area contributed by atoms with Crippen LogP contribution >= 0.6 is 0 Å². The van der Waals surface area contributed by atoms with E-state index in [0.717, 1.165) is 39.3 Å². The zero-order valence-corrected chi connectivity index (χ0v) is 22.4. The van der Waals surface area contributed by atoms with Crippen molar-refractivity contribution in [1.82, 2.24) is 14.5 Å². The fourth-order valence-electron chi connectivity index (χ4n) is 5.84. The SMILES string of the molecule is Cc1cccc(N2CCN(Cc3ncn(C(c4ccccc4)(c4ccccc4)c4ccccc4)c3C)C2=O)c1. The summed E-state index contributed by atoms with van der Waals surface area (Å²) in [5.41, 5.74) is 6.86. The molecule has 1 aromatic heterocycles. The van der Waals surface area contributed by atoms with E-state index < -0.39 is 5.54 Å². The lowest BCUT2D eigenvalue weighted by atomic mass is 9.76. The van der Waals surface area contributed by atoms with E-state index in [1.54, 1.807) is 0 Å². The zero-order valence-electron chi connectivity index (χ0n) is 22.4. The molecular formula is C34H32N4O. The van der Waals surface area contributed by atoms with E-state index in [4.69, 9.17) is 4.98 Å². The van der Waals surface area contributed by atoms with E-state index in [1.165, 1.54) is 0 Å². The summed E-state index contributed by atoms with van der Waals surface area (Å²) >= 11 is 0. The van der Waals surface area contributed by atoms with Crippen molar-refractivity contribution in [1.29, 1.82) is 0 Å². The van der Waals surface area contributed by atoms with Crippen molar-refractivity contribution < 1.29 is 4.79 Å². The summed E-state index contributed by atoms with van der Waals surface area (Å²) in [6.07, 6.45) is 1.94. The van der Waals surface area contributed by atoms with Gasteiger partial charge in [0.05, 0.1) is 18.6 Å². The van der Waals surface area contributed by atoms with Gasteiger partial charge in [-0.25, -0.2) is 9.78 Å². The first kappa shape index (κ1) is 24.7. The number of urea groups is 1. The number of carbonyl (C=O) groups excluding carboxylic acids is 1. The first-order chi connectivity index (χ1) is 19.1. The molecular weight excluding hydrogens is 480 g/mol. The number of anilines is 1. The molecule has 2 heterocycles. The minimum Gasteiger partial charge on any atom is -0.317 e. The molecule has 0 bridgehead atoms. The highest BCUT2D eigenvalue weighted by Crippen LogP contribution is 2.42. The number of hydrogen-bond acceptors (Lipinski definition) is 2. The van der Waals surface area contributed by atoms with E-state index in [-0.39, 0.29) is 6.03 Å². The summed E-state index contributed by atoms with van der Waals surface area (Å²) in [7, 11) is 0. The van der Waals surface area contributed by atoms with E-state index in [2.05, 4.69) is 122 Å². The number of benzene rings is 4. The number of aryl methyl sites for hydroxylation is 1. The van der Waals surface area contributed by atoms with Crippen molar-refractivity contribution in [2.45, 2.75) is 25.9 Å². The Hall–Kier alpha value is -4.64. The molecule has 1 aliphatic heterocycles. The highest BCUT2D eigenvalue weighted by Gasteiger charge is 2.40. The van der Waals surface area contributed by atoms with Gasteiger partial charge >= 0.3 is 6.03 Å². The molecule has 4 aromatic carbocycles. The van der Waals surface area contributed by atoms with E-state index in [9.17, 15) is 4.79 Å². The monoisotopic (exact) mass is 512 g/mol. The van der Waals surface area contributed by atoms with E-state index in [0.29, 0.717) is 19.6 Å². The number of carbonyl (C=O) groups is 1. The average Bonchev–Trinajstić information content (AvgIpc) is 3.53. The third kappa shape index (κ3) is 4.30. The maximum absolute atomic E-state index is 13.4. The maximum Gasteiger partial charge on any atom is 0.324 e. The van der Waals surface area contributed by atoms with Crippen molar-refractivity contribution in [2.75, 3.05) is 18.0 Å². The van der Waals surface area contributed by atoms with Crippen LogP contribution in [0.1, 0.15) is 33.6 Å². The van der Waals surface area contributed by atoms with Gasteiger partial charge in [-0.15, -0.1) is 0 Å². The van der Waals surface area contributed by atoms with Crippen LogP contribution in [-0.4, -0.2) is 33.6 Å². The third-order valence-electron chi connectivity index (χ3n) is 7.79. The van der Waals surface area contributed by atoms with Gasteiger partial charge in [-0.3, -0.25) is 4.90 Å². The molecule has 0 radical (unpaired) electrons. The van der Waals surface area contributed by atoms with Crippen molar-refractivity contribution in [3.63, 3.8) is 0 Å². The fourth-order valence-corrected chi connectivity index (χ4v) is 5.84. The Morgan fingerprint density at radius 3 is 1.82 bits per heavy atom. The summed E-state index contributed by atoms with van der Waals surface area (Å²) < 4.78 is 2.28. The number of imidazole rings is 1. The molecule has 0 atom stereocenters. The Labute approximate surface area is 230 Å². The second-order valence-corrected chi connectivity index (χ2v) is 10.1. The van der Waals surface area contributed by atoms with Crippen LogP contribution in [-0.2, 0) is 12.1 Å². The first-order valence-electron chi connectivity index (χ1n) is 13.4. The molecule has 0 unspecified atom stereocenters. The molecule has 6 rings (SSSR count). The Kier molecular flexibility index (Phi) is 6.49. The molecule has 0 saturated carbocycles. The smallest absolute Gasteiger partial charge is 0.317 e. The predicted molar refractivity (Wildman–Crippen MR) is 156 cm³/mol. The summed E-state index contributed by atoms with van der Waals surface area (Å²) in [5.74, 6) is 0. The second-order valence-electron chi connectivity index (χ2n) is 10.1. The summed E-state index contributed by atoms with van der Waals surface area (Å²) in [5, 5.41) is 0. The van der Waals surface area contributed by atoms with Crippen LogP contribution in [0.15, 0.2) is 122 Å². The maximum atomic E-state index is 13.4. The number of rotatable bonds is 7. The van der Waals surface area contributed by atoms with Gasteiger partial charge < -0.3 is 9.47 Å². The van der Waals surface area contributed by atoms with Crippen LogP contribution in [0.5, 0.6) is 0 Å². The van der Waals surface area contributed by atoms with Crippen LogP contribution in [0.4, 0.5) is 10.5 Å². The van der Waals surface area contributed by atoms with Crippen LogP contribution < -0.4 is 4.90 Å². The first-order valence-corrected chi connectivity index (χ1v) is 13.4. The molecule has 1 aliphatic rings. The van der Waals surface area contributed by atoms with Crippen LogP contribution in [0.25, 0.3) is 0 Å². The Morgan fingerprint density at radius 1 is 0.718 bits per heavy atom. The van der Waals surface area contributed by atoms with Crippen molar-refractivity contribution in [3.05, 3.63) is 155 Å². The van der Waals surface area contributed by atoms with Gasteiger partial charge in [0.2, 0.25) is 0 Å². The molecule has 1 saturated heterocycles. The van der Waals surface area contributed by atoms with Crippen molar-refractivity contribution in [2.24, 2.45) is 0 Å². The lowest BCUT2D eigenvalue weighted by Crippen LogP contribution is -2.38. The van der Waals surface area contributed by atoms with Crippen LogP contribution in [0.2, 0.25) is 0 Å². The molecule has 0 N–H and O–H groups in total. The van der Waals surface area contributed by atoms with E-state index >= 15 is 0 Å². The molecule has 39 heavy (non-hydrogen) atoms. The lowest BCUT2D eigenvalue weighted by Gasteiger charge is -2.38. The number of amides is 2. The fraction of sp³-hybridized carbons (Fsp3) is 0.176. The Bertz CT molecular complexity index is 1480. The molecule has 2 amide bonds. The molecule has 5 heteroatoms. The molecule has 194 valence electrons. The van der Waals surface area contributed by atoms with Gasteiger partial charge in [-0.05, 0) is 48.2 Å². The third-order valence-corrected chi connectivity index (χ3v) is 7.79. The van der Waals surface area contributed by atoms with Gasteiger partial charge in [0, 0.05) is 24.5 Å². The van der Waals surface area contributed by atoms with Gasteiger partial charge in [-0.2, -0.15) is 0 Å². The van der Waals surface area contributed by atoms with Crippen molar-refractivity contribution in [3.8, 4) is 0 Å².